The molecule has 3 heteroatoms. The fourth-order valence-corrected chi connectivity index (χ4v) is 8.46. The Labute approximate surface area is 287 Å². The Balaban J connectivity index is 1.06. The average molecular weight is 644 g/mol. The molecule has 0 aliphatic rings. The van der Waals surface area contributed by atoms with Crippen LogP contribution in [0.3, 0.4) is 0 Å². The normalized spacial score (nSPS) is 11.7. The summed E-state index contributed by atoms with van der Waals surface area (Å²) < 4.78 is 8.79. The van der Waals surface area contributed by atoms with Crippen LogP contribution in [0.4, 0.5) is 17.1 Å². The minimum Gasteiger partial charge on any atom is -0.456 e. The minimum absolute atomic E-state index is 0.925. The van der Waals surface area contributed by atoms with Gasteiger partial charge in [0, 0.05) is 48.0 Å². The standard InChI is InChI=1S/C46H29NOS/c1-2-10-33(11-3-1)47(35-24-27-45-41(29-35)39-14-7-9-17-44(39)49-45)34-22-18-30(19-23-34)36-12-4-5-13-37(36)31-20-25-38-32(28-31)21-26-43-46(38)40-15-6-8-16-42(40)48-43/h1-29H. The highest BCUT2D eigenvalue weighted by Gasteiger charge is 2.16. The quantitative estimate of drug-likeness (QED) is 0.186. The Kier molecular flexibility index (Phi) is 6.39. The summed E-state index contributed by atoms with van der Waals surface area (Å²) in [5.74, 6) is 0. The zero-order valence-electron chi connectivity index (χ0n) is 26.5. The third-order valence-electron chi connectivity index (χ3n) is 9.67. The van der Waals surface area contributed by atoms with E-state index in [-0.39, 0.29) is 0 Å². The predicted molar refractivity (Wildman–Crippen MR) is 210 cm³/mol. The van der Waals surface area contributed by atoms with Gasteiger partial charge in [-0.1, -0.05) is 109 Å². The van der Waals surface area contributed by atoms with Gasteiger partial charge in [0.15, 0.2) is 0 Å². The van der Waals surface area contributed by atoms with Gasteiger partial charge < -0.3 is 9.32 Å². The number of anilines is 3. The van der Waals surface area contributed by atoms with Crippen LogP contribution in [-0.4, -0.2) is 0 Å². The molecule has 2 nitrogen and oxygen atoms in total. The van der Waals surface area contributed by atoms with Crippen LogP contribution in [0, 0.1) is 0 Å². The maximum atomic E-state index is 6.16. The Hall–Kier alpha value is -6.16. The highest BCUT2D eigenvalue weighted by Crippen LogP contribution is 2.42. The predicted octanol–water partition coefficient (Wildman–Crippen LogP) is 13.9. The number of benzene rings is 8. The zero-order valence-corrected chi connectivity index (χ0v) is 27.3. The molecule has 0 aliphatic heterocycles. The molecule has 2 heterocycles. The average Bonchev–Trinajstić information content (AvgIpc) is 3.74. The molecule has 49 heavy (non-hydrogen) atoms. The molecule has 2 aromatic heterocycles. The molecule has 10 aromatic rings. The summed E-state index contributed by atoms with van der Waals surface area (Å²) in [6.07, 6.45) is 0. The second-order valence-corrected chi connectivity index (χ2v) is 13.6. The minimum atomic E-state index is 0.925. The van der Waals surface area contributed by atoms with Crippen molar-refractivity contribution in [2.75, 3.05) is 4.90 Å². The SMILES string of the molecule is c1ccc(N(c2ccc(-c3ccccc3-c3ccc4c(ccc5oc6ccccc6c54)c3)cc2)c2ccc3sc4ccccc4c3c2)cc1. The maximum absolute atomic E-state index is 6.16. The van der Waals surface area contributed by atoms with Crippen molar-refractivity contribution in [3.05, 3.63) is 176 Å². The largest absolute Gasteiger partial charge is 0.456 e. The monoisotopic (exact) mass is 643 g/mol. The first kappa shape index (κ1) is 27.9. The molecule has 8 aromatic carbocycles. The molecule has 0 N–H and O–H groups in total. The molecule has 0 saturated heterocycles. The molecule has 0 aliphatic carbocycles. The van der Waals surface area contributed by atoms with Gasteiger partial charge in [0.25, 0.3) is 0 Å². The van der Waals surface area contributed by atoms with Crippen molar-refractivity contribution in [3.8, 4) is 22.3 Å². The van der Waals surface area contributed by atoms with E-state index in [9.17, 15) is 0 Å². The van der Waals surface area contributed by atoms with Gasteiger partial charge in [-0.2, -0.15) is 0 Å². The maximum Gasteiger partial charge on any atom is 0.136 e. The number of nitrogens with zero attached hydrogens (tertiary/aromatic N) is 1. The van der Waals surface area contributed by atoms with E-state index < -0.39 is 0 Å². The van der Waals surface area contributed by atoms with E-state index in [4.69, 9.17) is 4.42 Å². The molecular weight excluding hydrogens is 615 g/mol. The lowest BCUT2D eigenvalue weighted by atomic mass is 9.92. The fourth-order valence-electron chi connectivity index (χ4n) is 7.37. The number of furan rings is 1. The van der Waals surface area contributed by atoms with Crippen LogP contribution >= 0.6 is 11.3 Å². The summed E-state index contributed by atoms with van der Waals surface area (Å²) in [5, 5.41) is 7.35. The van der Waals surface area contributed by atoms with Crippen molar-refractivity contribution in [2.24, 2.45) is 0 Å². The van der Waals surface area contributed by atoms with Gasteiger partial charge in [0.1, 0.15) is 11.2 Å². The molecule has 0 radical (unpaired) electrons. The summed E-state index contributed by atoms with van der Waals surface area (Å²) in [6.45, 7) is 0. The van der Waals surface area contributed by atoms with E-state index in [0.717, 1.165) is 33.6 Å². The van der Waals surface area contributed by atoms with Gasteiger partial charge in [-0.25, -0.2) is 0 Å². The van der Waals surface area contributed by atoms with Gasteiger partial charge in [-0.05, 0) is 99.8 Å². The smallest absolute Gasteiger partial charge is 0.136 e. The molecule has 0 bridgehead atoms. The van der Waals surface area contributed by atoms with Gasteiger partial charge >= 0.3 is 0 Å². The van der Waals surface area contributed by atoms with E-state index in [1.165, 1.54) is 58.6 Å². The van der Waals surface area contributed by atoms with Crippen LogP contribution in [0.25, 0.3) is 75.1 Å². The van der Waals surface area contributed by atoms with Crippen LogP contribution in [0.15, 0.2) is 180 Å². The number of thiophene rings is 1. The lowest BCUT2D eigenvalue weighted by Crippen LogP contribution is -2.09. The molecule has 0 spiro atoms. The van der Waals surface area contributed by atoms with E-state index in [2.05, 4.69) is 169 Å². The Morgan fingerprint density at radius 1 is 0.388 bits per heavy atom. The summed E-state index contributed by atoms with van der Waals surface area (Å²) >= 11 is 1.85. The highest BCUT2D eigenvalue weighted by atomic mass is 32.1. The third kappa shape index (κ3) is 4.62. The summed E-state index contributed by atoms with van der Waals surface area (Å²) in [6, 6.07) is 63.3. The van der Waals surface area contributed by atoms with Crippen molar-refractivity contribution in [1.29, 1.82) is 0 Å². The first-order valence-corrected chi connectivity index (χ1v) is 17.4. The molecule has 10 rings (SSSR count). The summed E-state index contributed by atoms with van der Waals surface area (Å²) in [7, 11) is 0. The topological polar surface area (TPSA) is 16.4 Å². The Bertz CT molecular complexity index is 2830. The Morgan fingerprint density at radius 2 is 1.04 bits per heavy atom. The lowest BCUT2D eigenvalue weighted by molar-refractivity contribution is 0.669. The van der Waals surface area contributed by atoms with Crippen LogP contribution in [-0.2, 0) is 0 Å². The lowest BCUT2D eigenvalue weighted by Gasteiger charge is -2.26. The summed E-state index contributed by atoms with van der Waals surface area (Å²) in [4.78, 5) is 2.35. The van der Waals surface area contributed by atoms with Gasteiger partial charge in [-0.3, -0.25) is 0 Å². The van der Waals surface area contributed by atoms with E-state index >= 15 is 0 Å². The number of hydrogen-bond donors (Lipinski definition) is 0. The molecule has 0 fully saturated rings. The first-order valence-electron chi connectivity index (χ1n) is 16.6. The van der Waals surface area contributed by atoms with E-state index in [1.54, 1.807) is 0 Å². The fraction of sp³-hybridized carbons (Fsp3) is 0. The number of para-hydroxylation sites is 2. The highest BCUT2D eigenvalue weighted by molar-refractivity contribution is 7.25. The van der Waals surface area contributed by atoms with Gasteiger partial charge in [0.05, 0.1) is 0 Å². The number of rotatable bonds is 5. The molecule has 0 saturated carbocycles. The van der Waals surface area contributed by atoms with Crippen LogP contribution in [0.5, 0.6) is 0 Å². The van der Waals surface area contributed by atoms with E-state index in [0.29, 0.717) is 0 Å². The van der Waals surface area contributed by atoms with Crippen LogP contribution in [0.2, 0.25) is 0 Å². The van der Waals surface area contributed by atoms with Crippen LogP contribution in [0.1, 0.15) is 0 Å². The Morgan fingerprint density at radius 3 is 1.90 bits per heavy atom. The van der Waals surface area contributed by atoms with Gasteiger partial charge in [0.2, 0.25) is 0 Å². The summed E-state index contributed by atoms with van der Waals surface area (Å²) in [5.41, 5.74) is 10.0. The van der Waals surface area contributed by atoms with E-state index in [1.807, 2.05) is 23.5 Å². The third-order valence-corrected chi connectivity index (χ3v) is 10.8. The second kappa shape index (κ2) is 11.2. The van der Waals surface area contributed by atoms with Crippen molar-refractivity contribution >= 4 is 81.3 Å². The molecular formula is C46H29NOS. The second-order valence-electron chi connectivity index (χ2n) is 12.5. The van der Waals surface area contributed by atoms with Crippen molar-refractivity contribution in [3.63, 3.8) is 0 Å². The molecule has 0 atom stereocenters. The zero-order chi connectivity index (χ0) is 32.3. The number of fused-ring (bicyclic) bond motifs is 8. The molecule has 0 unspecified atom stereocenters. The van der Waals surface area contributed by atoms with Crippen molar-refractivity contribution in [2.45, 2.75) is 0 Å². The van der Waals surface area contributed by atoms with Crippen molar-refractivity contribution in [1.82, 2.24) is 0 Å². The van der Waals surface area contributed by atoms with Crippen LogP contribution < -0.4 is 4.90 Å². The molecule has 0 amide bonds. The number of hydrogen-bond acceptors (Lipinski definition) is 3. The van der Waals surface area contributed by atoms with Gasteiger partial charge in [-0.15, -0.1) is 11.3 Å². The first-order chi connectivity index (χ1) is 24.3. The van der Waals surface area contributed by atoms with Crippen molar-refractivity contribution < 1.29 is 4.42 Å². The molecule has 230 valence electrons.